The molecule has 44 heavy (non-hydrogen) atoms. The van der Waals surface area contributed by atoms with E-state index in [1.807, 2.05) is 29.2 Å². The summed E-state index contributed by atoms with van der Waals surface area (Å²) in [6.07, 6.45) is 7.14. The van der Waals surface area contributed by atoms with Crippen LogP contribution in [0.1, 0.15) is 87.5 Å². The molecule has 1 aromatic carbocycles. The molecule has 1 aliphatic heterocycles. The zero-order valence-corrected chi connectivity index (χ0v) is 26.4. The molecule has 1 saturated heterocycles. The van der Waals surface area contributed by atoms with Gasteiger partial charge in [-0.3, -0.25) is 4.79 Å². The lowest BCUT2D eigenvalue weighted by molar-refractivity contribution is -0.000275. The second-order valence-electron chi connectivity index (χ2n) is 13.0. The maximum atomic E-state index is 13.0. The monoisotopic (exact) mass is 595 g/mol. The van der Waals surface area contributed by atoms with Gasteiger partial charge in [-0.1, -0.05) is 42.5 Å². The van der Waals surface area contributed by atoms with Gasteiger partial charge in [0.15, 0.2) is 0 Å². The number of imide groups is 1. The van der Waals surface area contributed by atoms with Crippen LogP contribution in [0.25, 0.3) is 11.1 Å². The number of pyridine rings is 1. The highest BCUT2D eigenvalue weighted by Crippen LogP contribution is 2.33. The number of carbonyl (C=O) groups is 3. The molecule has 0 unspecified atom stereocenters. The molecule has 0 bridgehead atoms. The van der Waals surface area contributed by atoms with Crippen LogP contribution in [0.5, 0.6) is 0 Å². The molecule has 0 atom stereocenters. The van der Waals surface area contributed by atoms with Crippen molar-refractivity contribution < 1.29 is 23.9 Å². The van der Waals surface area contributed by atoms with Gasteiger partial charge in [-0.25, -0.2) is 19.5 Å². The summed E-state index contributed by atoms with van der Waals surface area (Å²) in [5, 5.41) is 0. The lowest BCUT2D eigenvalue weighted by atomic mass is 9.88. The van der Waals surface area contributed by atoms with Gasteiger partial charge in [0.1, 0.15) is 16.9 Å². The smallest absolute Gasteiger partial charge is 0.420 e. The zero-order valence-electron chi connectivity index (χ0n) is 26.4. The SMILES string of the molecule is C#Cc1ncccc1C(=O)N1CCC(c2cccc(CN(C(=O)OC(C)(C)C)C(=O)OC(C)(C)C)c2)CC1.c1cc2cc-2c1. The van der Waals surface area contributed by atoms with E-state index < -0.39 is 23.4 Å². The van der Waals surface area contributed by atoms with Crippen molar-refractivity contribution in [3.05, 3.63) is 89.2 Å². The number of hydrogen-bond acceptors (Lipinski definition) is 6. The number of likely N-dealkylation sites (tertiary alicyclic amines) is 1. The van der Waals surface area contributed by atoms with Crippen molar-refractivity contribution in [1.82, 2.24) is 14.8 Å². The molecule has 8 heteroatoms. The lowest BCUT2D eigenvalue weighted by Gasteiger charge is -2.33. The number of hydrogen-bond donors (Lipinski definition) is 0. The van der Waals surface area contributed by atoms with E-state index in [4.69, 9.17) is 15.9 Å². The predicted molar refractivity (Wildman–Crippen MR) is 170 cm³/mol. The number of terminal acetylenes is 1. The van der Waals surface area contributed by atoms with E-state index in [2.05, 4.69) is 35.2 Å². The first-order valence-electron chi connectivity index (χ1n) is 14.9. The minimum atomic E-state index is -0.763. The summed E-state index contributed by atoms with van der Waals surface area (Å²) in [6.45, 7) is 11.7. The first-order chi connectivity index (χ1) is 20.7. The van der Waals surface area contributed by atoms with Crippen molar-refractivity contribution >= 4 is 18.1 Å². The maximum Gasteiger partial charge on any atom is 0.420 e. The lowest BCUT2D eigenvalue weighted by Crippen LogP contribution is -2.43. The molecular weight excluding hydrogens is 554 g/mol. The number of amides is 3. The molecule has 0 N–H and O–H groups in total. The standard InChI is InChI=1S/C30H37N3O5.C6H4/c1-8-25-24(13-10-16-31-25)26(34)32-17-14-22(15-18-32)23-12-9-11-21(19-23)20-33(27(35)37-29(2,3)4)28(36)38-30(5,6)7;1-2-5-4-6(5)3-1/h1,9-13,16,19,22H,14-15,17-18,20H2,2-7H3;1-4H. The van der Waals surface area contributed by atoms with Gasteiger partial charge in [0.25, 0.3) is 5.91 Å². The van der Waals surface area contributed by atoms with Crippen LogP contribution in [0, 0.1) is 12.3 Å². The average Bonchev–Trinajstić information content (AvgIpc) is 3.57. The van der Waals surface area contributed by atoms with E-state index in [9.17, 15) is 14.4 Å². The fraction of sp³-hybridized carbons (Fsp3) is 0.389. The minimum Gasteiger partial charge on any atom is -0.443 e. The van der Waals surface area contributed by atoms with Crippen molar-refractivity contribution in [3.63, 3.8) is 0 Å². The van der Waals surface area contributed by atoms with E-state index in [1.54, 1.807) is 59.9 Å². The first kappa shape index (κ1) is 32.3. The molecule has 0 spiro atoms. The molecule has 0 radical (unpaired) electrons. The van der Waals surface area contributed by atoms with E-state index in [1.165, 1.54) is 11.1 Å². The molecule has 2 heterocycles. The van der Waals surface area contributed by atoms with Gasteiger partial charge < -0.3 is 14.4 Å². The Balaban J connectivity index is 0.000000644. The Morgan fingerprint density at radius 2 is 1.48 bits per heavy atom. The first-order valence-corrected chi connectivity index (χ1v) is 14.9. The quantitative estimate of drug-likeness (QED) is 0.228. The number of fused-ring (bicyclic) bond motifs is 1. The number of rotatable bonds is 4. The van der Waals surface area contributed by atoms with Crippen molar-refractivity contribution in [3.8, 4) is 23.5 Å². The fourth-order valence-corrected chi connectivity index (χ4v) is 4.92. The molecular formula is C36H41N3O5. The van der Waals surface area contributed by atoms with Crippen LogP contribution in [0.4, 0.5) is 9.59 Å². The van der Waals surface area contributed by atoms with E-state index in [0.717, 1.165) is 28.9 Å². The Bertz CT molecular complexity index is 1510. The van der Waals surface area contributed by atoms with Gasteiger partial charge in [-0.15, -0.1) is 6.42 Å². The van der Waals surface area contributed by atoms with Gasteiger partial charge in [0.2, 0.25) is 0 Å². The summed E-state index contributed by atoms with van der Waals surface area (Å²) in [7, 11) is 0. The highest BCUT2D eigenvalue weighted by Gasteiger charge is 2.32. The van der Waals surface area contributed by atoms with Crippen LogP contribution in [0.2, 0.25) is 0 Å². The maximum absolute atomic E-state index is 13.0. The molecule has 8 nitrogen and oxygen atoms in total. The average molecular weight is 596 g/mol. The summed E-state index contributed by atoms with van der Waals surface area (Å²) in [4.78, 5) is 45.7. The van der Waals surface area contributed by atoms with Gasteiger partial charge in [0.05, 0.1) is 12.1 Å². The Kier molecular flexibility index (Phi) is 9.78. The minimum absolute atomic E-state index is 0.0187. The fourth-order valence-electron chi connectivity index (χ4n) is 4.92. The number of benzene rings is 2. The summed E-state index contributed by atoms with van der Waals surface area (Å²) in [5.74, 6) is 2.61. The molecule has 3 amide bonds. The highest BCUT2D eigenvalue weighted by molar-refractivity contribution is 5.96. The molecule has 1 fully saturated rings. The van der Waals surface area contributed by atoms with Crippen LogP contribution < -0.4 is 0 Å². The van der Waals surface area contributed by atoms with E-state index >= 15 is 0 Å². The van der Waals surface area contributed by atoms with E-state index in [0.29, 0.717) is 24.3 Å². The third-order valence-electron chi connectivity index (χ3n) is 7.06. The van der Waals surface area contributed by atoms with E-state index in [-0.39, 0.29) is 18.4 Å². The number of carbonyl (C=O) groups excluding carboxylic acids is 3. The van der Waals surface area contributed by atoms with Crippen molar-refractivity contribution in [2.45, 2.75) is 78.0 Å². The molecule has 230 valence electrons. The summed E-state index contributed by atoms with van der Waals surface area (Å²) in [6, 6.07) is 19.7. The van der Waals surface area contributed by atoms with Crippen molar-refractivity contribution in [2.24, 2.45) is 0 Å². The van der Waals surface area contributed by atoms with Crippen LogP contribution in [0.15, 0.2) is 66.9 Å². The molecule has 0 saturated carbocycles. The number of nitrogens with zero attached hydrogens (tertiary/aromatic N) is 3. The third kappa shape index (κ3) is 8.93. The topological polar surface area (TPSA) is 89.0 Å². The van der Waals surface area contributed by atoms with Gasteiger partial charge in [0, 0.05) is 19.3 Å². The highest BCUT2D eigenvalue weighted by atomic mass is 16.6. The van der Waals surface area contributed by atoms with Crippen LogP contribution >= 0.6 is 0 Å². The third-order valence-corrected chi connectivity index (χ3v) is 7.06. The predicted octanol–water partition coefficient (Wildman–Crippen LogP) is 7.42. The largest absolute Gasteiger partial charge is 0.443 e. The number of piperidine rings is 1. The Morgan fingerprint density at radius 1 is 0.886 bits per heavy atom. The second kappa shape index (κ2) is 13.3. The van der Waals surface area contributed by atoms with Gasteiger partial charge >= 0.3 is 12.2 Å². The van der Waals surface area contributed by atoms with Crippen molar-refractivity contribution in [2.75, 3.05) is 13.1 Å². The van der Waals surface area contributed by atoms with Crippen LogP contribution in [0.3, 0.4) is 0 Å². The molecule has 3 aliphatic rings. The normalized spacial score (nSPS) is 14.0. The Labute approximate surface area is 260 Å². The van der Waals surface area contributed by atoms with Crippen molar-refractivity contribution in [1.29, 1.82) is 0 Å². The zero-order chi connectivity index (χ0) is 32.1. The Hall–Kier alpha value is -4.64. The molecule has 1 aromatic heterocycles. The molecule has 5 rings (SSSR count). The molecule has 2 aliphatic carbocycles. The second-order valence-corrected chi connectivity index (χ2v) is 13.0. The number of ether oxygens (including phenoxy) is 2. The van der Waals surface area contributed by atoms with Crippen LogP contribution in [-0.2, 0) is 16.0 Å². The van der Waals surface area contributed by atoms with Gasteiger partial charge in [-0.05, 0) is 107 Å². The summed E-state index contributed by atoms with van der Waals surface area (Å²) < 4.78 is 10.9. The molecule has 2 aromatic rings. The number of aromatic nitrogens is 1. The summed E-state index contributed by atoms with van der Waals surface area (Å²) >= 11 is 0. The van der Waals surface area contributed by atoms with Gasteiger partial charge in [-0.2, -0.15) is 0 Å². The van der Waals surface area contributed by atoms with Crippen LogP contribution in [-0.4, -0.2) is 57.2 Å². The summed E-state index contributed by atoms with van der Waals surface area (Å²) in [5.41, 5.74) is 4.00. The Morgan fingerprint density at radius 3 is 1.98 bits per heavy atom.